The molecule has 4 heteroatoms. The van der Waals surface area contributed by atoms with Crippen LogP contribution < -0.4 is 5.73 Å². The smallest absolute Gasteiger partial charge is 0.234 e. The van der Waals surface area contributed by atoms with Crippen LogP contribution in [0.5, 0.6) is 0 Å². The maximum Gasteiger partial charge on any atom is 0.234 e. The van der Waals surface area contributed by atoms with Gasteiger partial charge in [-0.2, -0.15) is 4.98 Å². The Hall–Kier alpha value is -0.900. The first kappa shape index (κ1) is 9.65. The number of aromatic nitrogens is 2. The van der Waals surface area contributed by atoms with Crippen LogP contribution in [0.15, 0.2) is 4.52 Å². The van der Waals surface area contributed by atoms with Gasteiger partial charge >= 0.3 is 0 Å². The predicted octanol–water partition coefficient (Wildman–Crippen LogP) is 1.40. The summed E-state index contributed by atoms with van der Waals surface area (Å²) in [7, 11) is 0. The fraction of sp³-hybridized carbons (Fsp3) is 0.800. The average molecular weight is 195 g/mol. The quantitative estimate of drug-likeness (QED) is 0.771. The van der Waals surface area contributed by atoms with Crippen molar-refractivity contribution in [3.63, 3.8) is 0 Å². The Morgan fingerprint density at radius 2 is 2.29 bits per heavy atom. The van der Waals surface area contributed by atoms with E-state index in [0.29, 0.717) is 6.54 Å². The van der Waals surface area contributed by atoms with Crippen LogP contribution in [0.25, 0.3) is 0 Å². The molecule has 1 aliphatic carbocycles. The van der Waals surface area contributed by atoms with Gasteiger partial charge in [-0.15, -0.1) is 0 Å². The number of hydrogen-bond donors (Lipinski definition) is 1. The van der Waals surface area contributed by atoms with E-state index in [0.717, 1.165) is 43.8 Å². The van der Waals surface area contributed by atoms with Gasteiger partial charge in [0.05, 0.1) is 5.41 Å². The van der Waals surface area contributed by atoms with Gasteiger partial charge < -0.3 is 10.3 Å². The Kier molecular flexibility index (Phi) is 2.54. The van der Waals surface area contributed by atoms with Crippen LogP contribution in [0, 0.1) is 0 Å². The van der Waals surface area contributed by atoms with E-state index in [1.54, 1.807) is 0 Å². The number of nitrogens with two attached hydrogens (primary N) is 1. The SMILES string of the molecule is CCCCc1noc(C2(CN)CC2)n1. The molecule has 0 unspecified atom stereocenters. The average Bonchev–Trinajstić information content (AvgIpc) is 2.88. The van der Waals surface area contributed by atoms with Crippen LogP contribution >= 0.6 is 0 Å². The van der Waals surface area contributed by atoms with Crippen LogP contribution in [0.2, 0.25) is 0 Å². The van der Waals surface area contributed by atoms with Crippen LogP contribution in [0.1, 0.15) is 44.3 Å². The third-order valence-electron chi connectivity index (χ3n) is 2.92. The van der Waals surface area contributed by atoms with Crippen LogP contribution in [-0.4, -0.2) is 16.7 Å². The molecule has 0 bridgehead atoms. The lowest BCUT2D eigenvalue weighted by Crippen LogP contribution is -2.20. The largest absolute Gasteiger partial charge is 0.339 e. The maximum atomic E-state index is 5.68. The van der Waals surface area contributed by atoms with Crippen molar-refractivity contribution in [2.45, 2.75) is 44.4 Å². The maximum absolute atomic E-state index is 5.68. The van der Waals surface area contributed by atoms with Gasteiger partial charge in [-0.25, -0.2) is 0 Å². The predicted molar refractivity (Wildman–Crippen MR) is 52.9 cm³/mol. The van der Waals surface area contributed by atoms with Crippen LogP contribution in [0.4, 0.5) is 0 Å². The Morgan fingerprint density at radius 1 is 1.50 bits per heavy atom. The molecule has 0 spiro atoms. The molecule has 78 valence electrons. The zero-order valence-corrected chi connectivity index (χ0v) is 8.62. The Balaban J connectivity index is 2.03. The van der Waals surface area contributed by atoms with E-state index in [1.165, 1.54) is 0 Å². The summed E-state index contributed by atoms with van der Waals surface area (Å²) in [5.74, 6) is 1.59. The Labute approximate surface area is 83.9 Å². The van der Waals surface area contributed by atoms with Crippen molar-refractivity contribution in [1.82, 2.24) is 10.1 Å². The standard InChI is InChI=1S/C10H17N3O/c1-2-3-4-8-12-9(14-13-8)10(7-11)5-6-10/h2-7,11H2,1H3. The van der Waals surface area contributed by atoms with Gasteiger partial charge in [0.15, 0.2) is 5.82 Å². The second-order valence-corrected chi connectivity index (χ2v) is 4.10. The zero-order valence-electron chi connectivity index (χ0n) is 8.62. The summed E-state index contributed by atoms with van der Waals surface area (Å²) in [6.45, 7) is 2.78. The minimum atomic E-state index is 0.0392. The third-order valence-corrected chi connectivity index (χ3v) is 2.92. The molecule has 2 rings (SSSR count). The van der Waals surface area contributed by atoms with Crippen molar-refractivity contribution in [3.05, 3.63) is 11.7 Å². The highest BCUT2D eigenvalue weighted by Gasteiger charge is 2.48. The number of aryl methyl sites for hydroxylation is 1. The van der Waals surface area contributed by atoms with Crippen molar-refractivity contribution < 1.29 is 4.52 Å². The topological polar surface area (TPSA) is 64.9 Å². The van der Waals surface area contributed by atoms with Gasteiger partial charge in [-0.1, -0.05) is 18.5 Å². The van der Waals surface area contributed by atoms with E-state index < -0.39 is 0 Å². The molecule has 14 heavy (non-hydrogen) atoms. The molecule has 2 N–H and O–H groups in total. The summed E-state index contributed by atoms with van der Waals surface area (Å²) in [6, 6.07) is 0. The summed E-state index contributed by atoms with van der Waals surface area (Å²) in [6.07, 6.45) is 5.39. The fourth-order valence-electron chi connectivity index (χ4n) is 1.56. The number of hydrogen-bond acceptors (Lipinski definition) is 4. The molecule has 1 heterocycles. The molecule has 0 saturated heterocycles. The van der Waals surface area contributed by atoms with Crippen LogP contribution in [-0.2, 0) is 11.8 Å². The highest BCUT2D eigenvalue weighted by Crippen LogP contribution is 2.46. The highest BCUT2D eigenvalue weighted by atomic mass is 16.5. The zero-order chi connectivity index (χ0) is 10.0. The van der Waals surface area contributed by atoms with E-state index in [1.807, 2.05) is 0 Å². The van der Waals surface area contributed by atoms with E-state index in [2.05, 4.69) is 17.1 Å². The van der Waals surface area contributed by atoms with Gasteiger partial charge in [0.2, 0.25) is 5.89 Å². The summed E-state index contributed by atoms with van der Waals surface area (Å²) in [5, 5.41) is 3.97. The van der Waals surface area contributed by atoms with Crippen molar-refractivity contribution in [2.75, 3.05) is 6.54 Å². The lowest BCUT2D eigenvalue weighted by atomic mass is 10.1. The fourth-order valence-corrected chi connectivity index (χ4v) is 1.56. The van der Waals surface area contributed by atoms with Gasteiger partial charge in [-0.05, 0) is 19.3 Å². The second-order valence-electron chi connectivity index (χ2n) is 4.10. The van der Waals surface area contributed by atoms with Gasteiger partial charge in [0.25, 0.3) is 0 Å². The first-order chi connectivity index (χ1) is 6.80. The lowest BCUT2D eigenvalue weighted by Gasteiger charge is -2.03. The van der Waals surface area contributed by atoms with Crippen molar-refractivity contribution in [1.29, 1.82) is 0 Å². The third kappa shape index (κ3) is 1.66. The molecule has 1 fully saturated rings. The van der Waals surface area contributed by atoms with Gasteiger partial charge in [0.1, 0.15) is 0 Å². The van der Waals surface area contributed by atoms with E-state index in [4.69, 9.17) is 10.3 Å². The van der Waals surface area contributed by atoms with Crippen molar-refractivity contribution >= 4 is 0 Å². The molecule has 4 nitrogen and oxygen atoms in total. The molecule has 0 atom stereocenters. The minimum absolute atomic E-state index is 0.0392. The molecule has 1 aromatic rings. The highest BCUT2D eigenvalue weighted by molar-refractivity contribution is 5.16. The van der Waals surface area contributed by atoms with E-state index >= 15 is 0 Å². The van der Waals surface area contributed by atoms with Crippen LogP contribution in [0.3, 0.4) is 0 Å². The van der Waals surface area contributed by atoms with Gasteiger partial charge in [-0.3, -0.25) is 0 Å². The molecule has 1 saturated carbocycles. The molecule has 0 radical (unpaired) electrons. The number of unbranched alkanes of at least 4 members (excludes halogenated alkanes) is 1. The van der Waals surface area contributed by atoms with Crippen molar-refractivity contribution in [2.24, 2.45) is 5.73 Å². The van der Waals surface area contributed by atoms with Crippen molar-refractivity contribution in [3.8, 4) is 0 Å². The molecule has 1 aliphatic rings. The monoisotopic (exact) mass is 195 g/mol. The first-order valence-electron chi connectivity index (χ1n) is 5.34. The molecule has 0 aliphatic heterocycles. The summed E-state index contributed by atoms with van der Waals surface area (Å²) in [4.78, 5) is 4.39. The molecular weight excluding hydrogens is 178 g/mol. The molecule has 1 aromatic heterocycles. The molecule has 0 aromatic carbocycles. The Morgan fingerprint density at radius 3 is 2.86 bits per heavy atom. The molecule has 0 amide bonds. The normalized spacial score (nSPS) is 18.4. The van der Waals surface area contributed by atoms with Gasteiger partial charge in [0, 0.05) is 13.0 Å². The second kappa shape index (κ2) is 3.69. The number of rotatable bonds is 5. The summed E-state index contributed by atoms with van der Waals surface area (Å²) >= 11 is 0. The summed E-state index contributed by atoms with van der Waals surface area (Å²) in [5.41, 5.74) is 5.72. The van der Waals surface area contributed by atoms with E-state index in [9.17, 15) is 0 Å². The van der Waals surface area contributed by atoms with E-state index in [-0.39, 0.29) is 5.41 Å². The first-order valence-corrected chi connectivity index (χ1v) is 5.34. The minimum Gasteiger partial charge on any atom is -0.339 e. The lowest BCUT2D eigenvalue weighted by molar-refractivity contribution is 0.343. The summed E-state index contributed by atoms with van der Waals surface area (Å²) < 4.78 is 5.24. The number of nitrogens with zero attached hydrogens (tertiary/aromatic N) is 2. The Bertz CT molecular complexity index is 304. The molecular formula is C10H17N3O.